The van der Waals surface area contributed by atoms with Crippen molar-refractivity contribution in [3.05, 3.63) is 38.0 Å². The van der Waals surface area contributed by atoms with Gasteiger partial charge in [0.25, 0.3) is 0 Å². The van der Waals surface area contributed by atoms with Gasteiger partial charge in [-0.05, 0) is 37.0 Å². The van der Waals surface area contributed by atoms with Crippen LogP contribution in [0.4, 0.5) is 0 Å². The summed E-state index contributed by atoms with van der Waals surface area (Å²) in [5.41, 5.74) is 0.468. The van der Waals surface area contributed by atoms with Gasteiger partial charge in [-0.2, -0.15) is 0 Å². The van der Waals surface area contributed by atoms with Crippen LogP contribution in [-0.4, -0.2) is 48.9 Å². The predicted molar refractivity (Wildman–Crippen MR) is 128 cm³/mol. The number of hydrogen-bond acceptors (Lipinski definition) is 7. The first-order valence-corrected chi connectivity index (χ1v) is 11.6. The molecule has 2 bridgehead atoms. The van der Waals surface area contributed by atoms with Crippen molar-refractivity contribution in [3.63, 3.8) is 0 Å². The third kappa shape index (κ3) is 9.54. The lowest BCUT2D eigenvalue weighted by Gasteiger charge is -2.38. The van der Waals surface area contributed by atoms with E-state index in [1.54, 1.807) is 0 Å². The Morgan fingerprint density at radius 1 is 0.939 bits per heavy atom. The van der Waals surface area contributed by atoms with Crippen molar-refractivity contribution in [2.75, 3.05) is 19.8 Å². The Kier molecular flexibility index (Phi) is 14.3. The van der Waals surface area contributed by atoms with Crippen molar-refractivity contribution >= 4 is 17.9 Å². The summed E-state index contributed by atoms with van der Waals surface area (Å²) in [7, 11) is 0. The molecule has 0 amide bonds. The van der Waals surface area contributed by atoms with E-state index < -0.39 is 5.97 Å². The highest BCUT2D eigenvalue weighted by atomic mass is 16.5. The van der Waals surface area contributed by atoms with Crippen molar-refractivity contribution in [1.82, 2.24) is 0 Å². The molecular formula is C26H42O7. The van der Waals surface area contributed by atoms with Crippen molar-refractivity contribution in [2.24, 2.45) is 16.7 Å². The number of carbonyl (C=O) groups is 3. The molecule has 7 heteroatoms. The average molecular weight is 467 g/mol. The Morgan fingerprint density at radius 2 is 1.45 bits per heavy atom. The highest BCUT2D eigenvalue weighted by Gasteiger charge is 2.62. The zero-order valence-corrected chi connectivity index (χ0v) is 20.8. The zero-order valence-electron chi connectivity index (χ0n) is 20.8. The summed E-state index contributed by atoms with van der Waals surface area (Å²) in [6.45, 7) is 19.7. The summed E-state index contributed by atoms with van der Waals surface area (Å²) in [4.78, 5) is 31.9. The lowest BCUT2D eigenvalue weighted by molar-refractivity contribution is -0.150. The third-order valence-electron chi connectivity index (χ3n) is 6.76. The summed E-state index contributed by atoms with van der Waals surface area (Å²) in [5, 5.41) is 8.23. The molecule has 2 aliphatic rings. The Morgan fingerprint density at radius 3 is 1.82 bits per heavy atom. The maximum absolute atomic E-state index is 11.3. The normalized spacial score (nSPS) is 23.5. The number of carbonyl (C=O) groups excluding carboxylic acids is 3. The minimum absolute atomic E-state index is 0.0461. The van der Waals surface area contributed by atoms with E-state index in [0.29, 0.717) is 24.4 Å². The third-order valence-corrected chi connectivity index (χ3v) is 6.76. The minimum atomic E-state index is -0.441. The van der Waals surface area contributed by atoms with Gasteiger partial charge in [-0.15, -0.1) is 0 Å². The van der Waals surface area contributed by atoms with Gasteiger partial charge >= 0.3 is 17.9 Å². The van der Waals surface area contributed by atoms with Gasteiger partial charge in [0, 0.05) is 36.7 Å². The Balaban J connectivity index is 0.000000498. The summed E-state index contributed by atoms with van der Waals surface area (Å²) in [6.07, 6.45) is 9.59. The lowest BCUT2D eigenvalue weighted by atomic mass is 9.70. The van der Waals surface area contributed by atoms with Crippen LogP contribution in [0, 0.1) is 16.7 Å². The van der Waals surface area contributed by atoms with Gasteiger partial charge in [0.1, 0.15) is 6.10 Å². The number of aliphatic hydroxyl groups is 1. The quantitative estimate of drug-likeness (QED) is 0.218. The molecule has 0 aromatic heterocycles. The molecule has 0 radical (unpaired) electrons. The van der Waals surface area contributed by atoms with Gasteiger partial charge in [0.05, 0.1) is 13.2 Å². The first kappa shape index (κ1) is 30.6. The van der Waals surface area contributed by atoms with Crippen LogP contribution in [0.25, 0.3) is 0 Å². The number of rotatable bonds is 10. The van der Waals surface area contributed by atoms with E-state index in [9.17, 15) is 14.4 Å². The molecule has 2 fully saturated rings. The molecule has 0 saturated heterocycles. The van der Waals surface area contributed by atoms with Gasteiger partial charge in [0.15, 0.2) is 0 Å². The first-order valence-electron chi connectivity index (χ1n) is 11.6. The molecule has 33 heavy (non-hydrogen) atoms. The molecule has 2 rings (SSSR count). The smallest absolute Gasteiger partial charge is 0.330 e. The molecule has 0 spiro atoms. The molecule has 0 aromatic rings. The maximum atomic E-state index is 11.3. The van der Waals surface area contributed by atoms with E-state index in [0.717, 1.165) is 25.3 Å². The lowest BCUT2D eigenvalue weighted by Crippen LogP contribution is -2.38. The van der Waals surface area contributed by atoms with Gasteiger partial charge in [-0.25, -0.2) is 14.4 Å². The molecule has 0 heterocycles. The second-order valence-electron chi connectivity index (χ2n) is 8.91. The largest absolute Gasteiger partial charge is 0.463 e. The van der Waals surface area contributed by atoms with Crippen LogP contribution in [0.1, 0.15) is 66.2 Å². The standard InChI is InChI=1S/C13H20O2.C7H12O2.C6H10O3/c1-5-11(14)15-10-8-9-6-7-13(10,4)12(9,2)3;1-3-5-6-9-7(8)4-2;1-2-6(8)9-5-3-4-7/h5,9-10H,1,6-8H2,2-4H3;4H,2-3,5-6H2,1H3;2,7H,1,3-5H2. The number of aliphatic hydroxyl groups excluding tert-OH is 1. The van der Waals surface area contributed by atoms with Crippen LogP contribution in [0.3, 0.4) is 0 Å². The average Bonchev–Trinajstić information content (AvgIpc) is 3.13. The monoisotopic (exact) mass is 466 g/mol. The topological polar surface area (TPSA) is 99.1 Å². The van der Waals surface area contributed by atoms with E-state index in [-0.39, 0.29) is 36.7 Å². The summed E-state index contributed by atoms with van der Waals surface area (Å²) >= 11 is 0. The second-order valence-corrected chi connectivity index (χ2v) is 8.91. The highest BCUT2D eigenvalue weighted by Crippen LogP contribution is 2.66. The van der Waals surface area contributed by atoms with E-state index in [4.69, 9.17) is 9.84 Å². The predicted octanol–water partition coefficient (Wildman–Crippen LogP) is 4.54. The molecule has 188 valence electrons. The van der Waals surface area contributed by atoms with Gasteiger partial charge < -0.3 is 19.3 Å². The second kappa shape index (κ2) is 15.4. The number of ether oxygens (including phenoxy) is 3. The van der Waals surface area contributed by atoms with Crippen LogP contribution in [0.5, 0.6) is 0 Å². The number of fused-ring (bicyclic) bond motifs is 2. The van der Waals surface area contributed by atoms with Crippen LogP contribution in [0.15, 0.2) is 38.0 Å². The number of esters is 3. The van der Waals surface area contributed by atoms with Gasteiger partial charge in [-0.3, -0.25) is 0 Å². The van der Waals surface area contributed by atoms with Crippen LogP contribution >= 0.6 is 0 Å². The summed E-state index contributed by atoms with van der Waals surface area (Å²) in [6, 6.07) is 0. The van der Waals surface area contributed by atoms with Crippen LogP contribution in [-0.2, 0) is 28.6 Å². The Hall–Kier alpha value is -2.41. The van der Waals surface area contributed by atoms with Crippen LogP contribution in [0.2, 0.25) is 0 Å². The minimum Gasteiger partial charge on any atom is -0.463 e. The van der Waals surface area contributed by atoms with Crippen LogP contribution < -0.4 is 0 Å². The zero-order chi connectivity index (χ0) is 25.5. The van der Waals surface area contributed by atoms with Crippen molar-refractivity contribution in [2.45, 2.75) is 72.3 Å². The molecule has 7 nitrogen and oxygen atoms in total. The van der Waals surface area contributed by atoms with E-state index in [1.165, 1.54) is 25.0 Å². The summed E-state index contributed by atoms with van der Waals surface area (Å²) in [5.74, 6) is -0.332. The highest BCUT2D eigenvalue weighted by molar-refractivity contribution is 5.81. The van der Waals surface area contributed by atoms with E-state index >= 15 is 0 Å². The molecule has 0 aliphatic heterocycles. The van der Waals surface area contributed by atoms with E-state index in [1.807, 2.05) is 6.92 Å². The molecule has 3 atom stereocenters. The van der Waals surface area contributed by atoms with Gasteiger partial charge in [-0.1, -0.05) is 53.9 Å². The Bertz CT molecular complexity index is 642. The number of hydrogen-bond donors (Lipinski definition) is 1. The molecule has 3 unspecified atom stereocenters. The van der Waals surface area contributed by atoms with E-state index in [2.05, 4.69) is 50.0 Å². The van der Waals surface area contributed by atoms with Crippen molar-refractivity contribution < 1.29 is 33.7 Å². The maximum Gasteiger partial charge on any atom is 0.330 e. The Labute approximate surface area is 198 Å². The fraction of sp³-hybridized carbons (Fsp3) is 0.654. The molecular weight excluding hydrogens is 424 g/mol. The summed E-state index contributed by atoms with van der Waals surface area (Å²) < 4.78 is 14.7. The SMILES string of the molecule is C=CC(=O)OC1CC2CCC1(C)C2(C)C.C=CC(=O)OCCCC.C=CC(=O)OCCCO. The fourth-order valence-corrected chi connectivity index (χ4v) is 4.17. The molecule has 1 N–H and O–H groups in total. The first-order chi connectivity index (χ1) is 15.5. The molecule has 2 saturated carbocycles. The number of unbranched alkanes of at least 4 members (excludes halogenated alkanes) is 1. The molecule has 0 aromatic carbocycles. The van der Waals surface area contributed by atoms with Gasteiger partial charge in [0.2, 0.25) is 0 Å². The fourth-order valence-electron chi connectivity index (χ4n) is 4.17. The van der Waals surface area contributed by atoms with Crippen molar-refractivity contribution in [3.8, 4) is 0 Å². The molecule has 2 aliphatic carbocycles. The van der Waals surface area contributed by atoms with Crippen molar-refractivity contribution in [1.29, 1.82) is 0 Å².